The molecule has 1 atom stereocenters. The minimum Gasteiger partial charge on any atom is -0.548 e. The zero-order valence-electron chi connectivity index (χ0n) is 10.5. The van der Waals surface area contributed by atoms with E-state index in [1.165, 1.54) is 13.1 Å². The predicted octanol–water partition coefficient (Wildman–Crippen LogP) is 2.05. The summed E-state index contributed by atoms with van der Waals surface area (Å²) in [6, 6.07) is 8.16. The number of carboxylic acid groups (broad SMARTS) is 1. The summed E-state index contributed by atoms with van der Waals surface area (Å²) < 4.78 is 1.40. The number of thiazole rings is 1. The number of aromatic nitrogens is 1. The number of aromatic hydroxyl groups is 1. The molecule has 1 heterocycles. The van der Waals surface area contributed by atoms with Crippen LogP contribution < -0.4 is 5.11 Å². The van der Waals surface area contributed by atoms with Crippen LogP contribution >= 0.6 is 23.6 Å². The van der Waals surface area contributed by atoms with Gasteiger partial charge in [0.15, 0.2) is 3.95 Å². The summed E-state index contributed by atoms with van der Waals surface area (Å²) in [7, 11) is 0. The average molecular weight is 307 g/mol. The van der Waals surface area contributed by atoms with E-state index in [0.717, 1.165) is 21.6 Å². The van der Waals surface area contributed by atoms with E-state index in [0.29, 0.717) is 4.88 Å². The van der Waals surface area contributed by atoms with E-state index in [4.69, 9.17) is 12.2 Å². The Labute approximate surface area is 124 Å². The van der Waals surface area contributed by atoms with Crippen LogP contribution in [0, 0.1) is 3.95 Å². The SMILES string of the molecule is C[C@@H](C(=O)[O-])n1c(O)c(C=Nc2ccccc2)sc1=S. The number of aliphatic carboxylic acids is 1. The number of benzene rings is 1. The topological polar surface area (TPSA) is 77.6 Å². The molecule has 0 saturated heterocycles. The smallest absolute Gasteiger partial charge is 0.212 e. The van der Waals surface area contributed by atoms with Gasteiger partial charge in [-0.3, -0.25) is 9.56 Å². The third-order valence-electron chi connectivity index (χ3n) is 2.66. The molecule has 0 unspecified atom stereocenters. The average Bonchev–Trinajstić information content (AvgIpc) is 2.71. The Morgan fingerprint density at radius 2 is 2.15 bits per heavy atom. The summed E-state index contributed by atoms with van der Waals surface area (Å²) in [5.74, 6) is -1.52. The lowest BCUT2D eigenvalue weighted by atomic mass is 10.3. The fourth-order valence-corrected chi connectivity index (χ4v) is 2.91. The molecule has 1 aromatic carbocycles. The van der Waals surface area contributed by atoms with Crippen LogP contribution in [0.3, 0.4) is 0 Å². The molecule has 0 aliphatic carbocycles. The van der Waals surface area contributed by atoms with Gasteiger partial charge in [-0.25, -0.2) is 0 Å². The van der Waals surface area contributed by atoms with Crippen LogP contribution in [0.15, 0.2) is 35.3 Å². The first-order chi connectivity index (χ1) is 9.50. The molecule has 0 saturated carbocycles. The fraction of sp³-hybridized carbons (Fsp3) is 0.154. The van der Waals surface area contributed by atoms with Gasteiger partial charge in [-0.05, 0) is 31.3 Å². The maximum Gasteiger partial charge on any atom is 0.212 e. The first-order valence-electron chi connectivity index (χ1n) is 5.75. The second-order valence-electron chi connectivity index (χ2n) is 4.01. The summed E-state index contributed by atoms with van der Waals surface area (Å²) in [5.41, 5.74) is 0.728. The molecule has 0 spiro atoms. The van der Waals surface area contributed by atoms with Gasteiger partial charge in [0.1, 0.15) is 4.88 Å². The molecule has 0 radical (unpaired) electrons. The van der Waals surface area contributed by atoms with E-state index in [2.05, 4.69) is 4.99 Å². The Kier molecular flexibility index (Phi) is 4.31. The monoisotopic (exact) mass is 307 g/mol. The van der Waals surface area contributed by atoms with Crippen molar-refractivity contribution in [1.82, 2.24) is 4.57 Å². The van der Waals surface area contributed by atoms with Crippen molar-refractivity contribution in [2.75, 3.05) is 0 Å². The summed E-state index contributed by atoms with van der Waals surface area (Å²) in [5, 5.41) is 20.9. The van der Waals surface area contributed by atoms with Gasteiger partial charge in [0.05, 0.1) is 23.9 Å². The third-order valence-corrected chi connectivity index (χ3v) is 3.98. The first kappa shape index (κ1) is 14.4. The molecule has 0 amide bonds. The quantitative estimate of drug-likeness (QED) is 0.692. The van der Waals surface area contributed by atoms with E-state index in [-0.39, 0.29) is 9.83 Å². The lowest BCUT2D eigenvalue weighted by molar-refractivity contribution is -0.309. The van der Waals surface area contributed by atoms with E-state index in [1.54, 1.807) is 0 Å². The summed E-state index contributed by atoms with van der Waals surface area (Å²) in [4.78, 5) is 15.5. The van der Waals surface area contributed by atoms with Gasteiger partial charge < -0.3 is 15.0 Å². The molecule has 0 aliphatic rings. The summed E-state index contributed by atoms with van der Waals surface area (Å²) in [6.45, 7) is 1.40. The third kappa shape index (κ3) is 2.94. The number of nitrogens with zero attached hydrogens (tertiary/aromatic N) is 2. The van der Waals surface area contributed by atoms with Gasteiger partial charge in [-0.2, -0.15) is 0 Å². The van der Waals surface area contributed by atoms with E-state index < -0.39 is 12.0 Å². The second-order valence-corrected chi connectivity index (χ2v) is 5.69. The molecule has 2 aromatic rings. The minimum atomic E-state index is -1.30. The van der Waals surface area contributed by atoms with Gasteiger partial charge in [0.2, 0.25) is 5.88 Å². The first-order valence-corrected chi connectivity index (χ1v) is 6.97. The Morgan fingerprint density at radius 1 is 1.50 bits per heavy atom. The molecule has 0 aliphatic heterocycles. The van der Waals surface area contributed by atoms with Gasteiger partial charge >= 0.3 is 0 Å². The molecule has 0 fully saturated rings. The van der Waals surface area contributed by atoms with E-state index >= 15 is 0 Å². The Hall–Kier alpha value is -1.99. The fourth-order valence-electron chi connectivity index (χ4n) is 1.57. The number of carbonyl (C=O) groups is 1. The van der Waals surface area contributed by atoms with Crippen molar-refractivity contribution in [3.63, 3.8) is 0 Å². The van der Waals surface area contributed by atoms with Gasteiger partial charge in [-0.1, -0.05) is 29.5 Å². The zero-order valence-corrected chi connectivity index (χ0v) is 12.1. The Morgan fingerprint density at radius 3 is 2.75 bits per heavy atom. The van der Waals surface area contributed by atoms with Crippen LogP contribution in [0.1, 0.15) is 17.8 Å². The highest BCUT2D eigenvalue weighted by Gasteiger charge is 2.16. The summed E-state index contributed by atoms with van der Waals surface area (Å²) >= 11 is 6.15. The van der Waals surface area contributed by atoms with Crippen molar-refractivity contribution in [1.29, 1.82) is 0 Å². The second kappa shape index (κ2) is 5.98. The van der Waals surface area contributed by atoms with Gasteiger partial charge in [0, 0.05) is 0 Å². The van der Waals surface area contributed by atoms with Crippen molar-refractivity contribution in [3.8, 4) is 5.88 Å². The number of aliphatic imine (C=N–C) groups is 1. The van der Waals surface area contributed by atoms with E-state index in [9.17, 15) is 15.0 Å². The van der Waals surface area contributed by atoms with E-state index in [1.807, 2.05) is 30.3 Å². The zero-order chi connectivity index (χ0) is 14.7. The molecule has 1 aromatic heterocycles. The highest BCUT2D eigenvalue weighted by molar-refractivity contribution is 7.73. The van der Waals surface area contributed by atoms with Gasteiger partial charge in [0.25, 0.3) is 0 Å². The van der Waals surface area contributed by atoms with Crippen LogP contribution in [0.25, 0.3) is 0 Å². The molecule has 2 rings (SSSR count). The predicted molar refractivity (Wildman–Crippen MR) is 78.2 cm³/mol. The van der Waals surface area contributed by atoms with Crippen molar-refractivity contribution in [2.24, 2.45) is 4.99 Å². The lowest BCUT2D eigenvalue weighted by Gasteiger charge is -2.14. The molecule has 0 bridgehead atoms. The molecular weight excluding hydrogens is 296 g/mol. The number of carbonyl (C=O) groups excluding carboxylic acids is 1. The van der Waals surface area contributed by atoms with Crippen LogP contribution in [-0.2, 0) is 4.79 Å². The van der Waals surface area contributed by atoms with Crippen LogP contribution in [0.5, 0.6) is 5.88 Å². The number of hydrogen-bond acceptors (Lipinski definition) is 6. The normalized spacial score (nSPS) is 12.7. The van der Waals surface area contributed by atoms with Crippen molar-refractivity contribution in [2.45, 2.75) is 13.0 Å². The van der Waals surface area contributed by atoms with Crippen LogP contribution in [0.4, 0.5) is 5.69 Å². The highest BCUT2D eigenvalue weighted by atomic mass is 32.1. The van der Waals surface area contributed by atoms with Crippen LogP contribution in [0.2, 0.25) is 0 Å². The minimum absolute atomic E-state index is 0.212. The molecule has 20 heavy (non-hydrogen) atoms. The highest BCUT2D eigenvalue weighted by Crippen LogP contribution is 2.28. The van der Waals surface area contributed by atoms with Crippen molar-refractivity contribution >= 4 is 41.4 Å². The maximum atomic E-state index is 10.9. The Bertz CT molecular complexity index is 704. The molecule has 104 valence electrons. The van der Waals surface area contributed by atoms with Crippen molar-refractivity contribution < 1.29 is 15.0 Å². The number of carboxylic acids is 1. The molecule has 7 heteroatoms. The maximum absolute atomic E-state index is 10.9. The molecular formula is C13H11N2O3S2-. The molecule has 5 nitrogen and oxygen atoms in total. The van der Waals surface area contributed by atoms with Gasteiger partial charge in [-0.15, -0.1) is 0 Å². The van der Waals surface area contributed by atoms with Crippen molar-refractivity contribution in [3.05, 3.63) is 39.2 Å². The molecule has 1 N–H and O–H groups in total. The van der Waals surface area contributed by atoms with Crippen LogP contribution in [-0.4, -0.2) is 21.9 Å². The Balaban J connectivity index is 2.36. The standard InChI is InChI=1S/C13H12N2O3S2/c1-8(12(17)18)15-11(16)10(20-13(15)19)7-14-9-5-3-2-4-6-9/h2-8,16H,1H3,(H,17,18)/p-1/t8-/m0/s1. The lowest BCUT2D eigenvalue weighted by Crippen LogP contribution is -2.31. The largest absolute Gasteiger partial charge is 0.548 e. The number of hydrogen-bond donors (Lipinski definition) is 1. The number of para-hydroxylation sites is 1. The number of rotatable bonds is 4. The summed E-state index contributed by atoms with van der Waals surface area (Å²) in [6.07, 6.45) is 1.46.